The van der Waals surface area contributed by atoms with E-state index in [1.54, 1.807) is 36.4 Å². The average Bonchev–Trinajstić information content (AvgIpc) is 3.17. The monoisotopic (exact) mass is 458 g/mol. The van der Waals surface area contributed by atoms with Crippen molar-refractivity contribution in [1.29, 1.82) is 0 Å². The van der Waals surface area contributed by atoms with E-state index in [9.17, 15) is 24.9 Å². The minimum absolute atomic E-state index is 0.0299. The zero-order valence-corrected chi connectivity index (χ0v) is 17.9. The van der Waals surface area contributed by atoms with Gasteiger partial charge in [-0.15, -0.1) is 0 Å². The van der Waals surface area contributed by atoms with Crippen LogP contribution in [0.25, 0.3) is 44.4 Å². The van der Waals surface area contributed by atoms with E-state index >= 15 is 0 Å². The van der Waals surface area contributed by atoms with Gasteiger partial charge in [0.15, 0.2) is 5.58 Å². The third-order valence-corrected chi connectivity index (χ3v) is 5.64. The lowest BCUT2D eigenvalue weighted by molar-refractivity contribution is -0.136. The third kappa shape index (κ3) is 3.41. The largest absolute Gasteiger partial charge is 0.508 e. The van der Waals surface area contributed by atoms with Crippen LogP contribution in [0.3, 0.4) is 0 Å². The first-order chi connectivity index (χ1) is 16.4. The minimum atomic E-state index is -1.10. The molecule has 3 N–H and O–H groups in total. The Kier molecular flexibility index (Phi) is 4.98. The van der Waals surface area contributed by atoms with Gasteiger partial charge < -0.3 is 28.9 Å². The Bertz CT molecular complexity index is 1610. The molecule has 8 heteroatoms. The Balaban J connectivity index is 1.81. The van der Waals surface area contributed by atoms with Gasteiger partial charge in [-0.05, 0) is 42.0 Å². The summed E-state index contributed by atoms with van der Waals surface area (Å²) >= 11 is 0. The van der Waals surface area contributed by atoms with E-state index in [1.165, 1.54) is 31.6 Å². The van der Waals surface area contributed by atoms with Crippen molar-refractivity contribution >= 4 is 27.9 Å². The molecule has 5 rings (SSSR count). The molecule has 0 spiro atoms. The topological polar surface area (TPSA) is 130 Å². The van der Waals surface area contributed by atoms with E-state index in [2.05, 4.69) is 0 Å². The van der Waals surface area contributed by atoms with Crippen molar-refractivity contribution in [2.75, 3.05) is 7.11 Å². The summed E-state index contributed by atoms with van der Waals surface area (Å²) in [6.07, 6.45) is 0.859. The number of aromatic hydroxyl groups is 2. The maximum Gasteiger partial charge on any atom is 0.307 e. The standard InChI is InChI=1S/C26H18O8/c1-32-16-8-4-14(5-9-16)25-17(10-21(29)30)22-20(34-25)11-19(28)23-24(31)18(12-33-26(22)23)13-2-6-15(27)7-3-13/h2-9,11-12,27-28H,10H2,1H3,(H,29,30). The van der Waals surface area contributed by atoms with Crippen LogP contribution in [0.4, 0.5) is 0 Å². The first kappa shape index (κ1) is 21.1. The SMILES string of the molecule is COc1ccc(-c2oc3cc(O)c4c(=O)c(-c5ccc(O)cc5)coc4c3c2CC(=O)O)cc1. The van der Waals surface area contributed by atoms with Crippen LogP contribution in [0, 0.1) is 0 Å². The van der Waals surface area contributed by atoms with E-state index in [0.717, 1.165) is 0 Å². The second-order valence-corrected chi connectivity index (χ2v) is 7.71. The zero-order chi connectivity index (χ0) is 24.0. The predicted octanol–water partition coefficient (Wildman–Crippen LogP) is 4.92. The average molecular weight is 458 g/mol. The molecule has 34 heavy (non-hydrogen) atoms. The molecular weight excluding hydrogens is 440 g/mol. The van der Waals surface area contributed by atoms with E-state index < -0.39 is 17.8 Å². The molecule has 170 valence electrons. The molecule has 2 aromatic heterocycles. The molecule has 2 heterocycles. The lowest BCUT2D eigenvalue weighted by Gasteiger charge is -2.06. The first-order valence-corrected chi connectivity index (χ1v) is 10.3. The highest BCUT2D eigenvalue weighted by atomic mass is 16.5. The van der Waals surface area contributed by atoms with Gasteiger partial charge >= 0.3 is 5.97 Å². The number of carbonyl (C=O) groups is 1. The van der Waals surface area contributed by atoms with Gasteiger partial charge in [0.25, 0.3) is 0 Å². The van der Waals surface area contributed by atoms with Crippen molar-refractivity contribution in [2.45, 2.75) is 6.42 Å². The molecule has 0 amide bonds. The van der Waals surface area contributed by atoms with E-state index in [0.29, 0.717) is 27.8 Å². The molecule has 0 saturated carbocycles. The summed E-state index contributed by atoms with van der Waals surface area (Å²) in [6.45, 7) is 0. The quantitative estimate of drug-likeness (QED) is 0.338. The zero-order valence-electron chi connectivity index (χ0n) is 17.9. The van der Waals surface area contributed by atoms with Crippen molar-refractivity contribution in [3.05, 3.63) is 76.6 Å². The van der Waals surface area contributed by atoms with Crippen molar-refractivity contribution in [3.63, 3.8) is 0 Å². The molecule has 0 atom stereocenters. The molecule has 5 aromatic rings. The molecule has 0 aliphatic heterocycles. The summed E-state index contributed by atoms with van der Waals surface area (Å²) in [4.78, 5) is 25.0. The van der Waals surface area contributed by atoms with E-state index in [1.807, 2.05) is 0 Å². The normalized spacial score (nSPS) is 11.2. The summed E-state index contributed by atoms with van der Waals surface area (Å²) < 4.78 is 17.0. The number of furan rings is 1. The number of aliphatic carboxylic acids is 1. The lowest BCUT2D eigenvalue weighted by Crippen LogP contribution is -2.06. The van der Waals surface area contributed by atoms with Gasteiger partial charge in [0.05, 0.1) is 24.5 Å². The number of carboxylic acids is 1. The van der Waals surface area contributed by atoms with Gasteiger partial charge in [0, 0.05) is 17.2 Å². The number of hydrogen-bond donors (Lipinski definition) is 3. The summed E-state index contributed by atoms with van der Waals surface area (Å²) in [5, 5.41) is 30.0. The van der Waals surface area contributed by atoms with Crippen LogP contribution >= 0.6 is 0 Å². The molecule has 0 aliphatic rings. The Hall–Kier alpha value is -4.72. The number of methoxy groups -OCH3 is 1. The molecule has 0 saturated heterocycles. The number of phenols is 2. The fourth-order valence-electron chi connectivity index (χ4n) is 4.05. The third-order valence-electron chi connectivity index (χ3n) is 5.64. The number of ether oxygens (including phenoxy) is 1. The van der Waals surface area contributed by atoms with Gasteiger partial charge in [-0.1, -0.05) is 12.1 Å². The summed E-state index contributed by atoms with van der Waals surface area (Å²) in [6, 6.07) is 14.1. The molecular formula is C26H18O8. The van der Waals surface area contributed by atoms with Gasteiger partial charge in [-0.3, -0.25) is 9.59 Å². The number of hydrogen-bond acceptors (Lipinski definition) is 7. The Morgan fingerprint density at radius 2 is 1.65 bits per heavy atom. The Labute approximate surface area is 191 Å². The Morgan fingerprint density at radius 1 is 0.971 bits per heavy atom. The molecule has 0 aliphatic carbocycles. The number of carboxylic acid groups (broad SMARTS) is 1. The van der Waals surface area contributed by atoms with Crippen LogP contribution in [0.1, 0.15) is 5.56 Å². The van der Waals surface area contributed by atoms with E-state index in [-0.39, 0.29) is 39.4 Å². The smallest absolute Gasteiger partial charge is 0.307 e. The van der Waals surface area contributed by atoms with Crippen LogP contribution in [-0.4, -0.2) is 28.4 Å². The second kappa shape index (κ2) is 8.00. The fraction of sp³-hybridized carbons (Fsp3) is 0.0769. The van der Waals surface area contributed by atoms with Gasteiger partial charge in [-0.25, -0.2) is 0 Å². The number of rotatable bonds is 5. The van der Waals surface area contributed by atoms with Crippen LogP contribution in [0.5, 0.6) is 17.2 Å². The molecule has 0 unspecified atom stereocenters. The molecule has 0 bridgehead atoms. The van der Waals surface area contributed by atoms with Crippen LogP contribution in [0.15, 0.2) is 74.5 Å². The van der Waals surface area contributed by atoms with Crippen LogP contribution in [-0.2, 0) is 11.2 Å². The second-order valence-electron chi connectivity index (χ2n) is 7.71. The van der Waals surface area contributed by atoms with Gasteiger partial charge in [0.2, 0.25) is 5.43 Å². The van der Waals surface area contributed by atoms with Crippen molar-refractivity contribution < 1.29 is 33.7 Å². The number of phenolic OH excluding ortho intramolecular Hbond substituents is 2. The highest BCUT2D eigenvalue weighted by Crippen LogP contribution is 2.41. The highest BCUT2D eigenvalue weighted by molar-refractivity contribution is 6.10. The number of fused-ring (bicyclic) bond motifs is 3. The van der Waals surface area contributed by atoms with Crippen molar-refractivity contribution in [1.82, 2.24) is 0 Å². The number of benzene rings is 3. The van der Waals surface area contributed by atoms with Crippen LogP contribution in [0.2, 0.25) is 0 Å². The first-order valence-electron chi connectivity index (χ1n) is 10.3. The maximum absolute atomic E-state index is 13.3. The summed E-state index contributed by atoms with van der Waals surface area (Å²) in [7, 11) is 1.54. The predicted molar refractivity (Wildman–Crippen MR) is 124 cm³/mol. The maximum atomic E-state index is 13.3. The minimum Gasteiger partial charge on any atom is -0.508 e. The molecule has 0 fully saturated rings. The van der Waals surface area contributed by atoms with Crippen molar-refractivity contribution in [3.8, 4) is 39.7 Å². The van der Waals surface area contributed by atoms with Crippen LogP contribution < -0.4 is 10.2 Å². The van der Waals surface area contributed by atoms with E-state index in [4.69, 9.17) is 13.6 Å². The van der Waals surface area contributed by atoms with Gasteiger partial charge in [-0.2, -0.15) is 0 Å². The molecule has 0 radical (unpaired) electrons. The Morgan fingerprint density at radius 3 is 2.29 bits per heavy atom. The highest BCUT2D eigenvalue weighted by Gasteiger charge is 2.25. The summed E-state index contributed by atoms with van der Waals surface area (Å²) in [5.74, 6) is -0.496. The summed E-state index contributed by atoms with van der Waals surface area (Å²) in [5.41, 5.74) is 1.31. The molecule has 8 nitrogen and oxygen atoms in total. The van der Waals surface area contributed by atoms with Crippen molar-refractivity contribution in [2.24, 2.45) is 0 Å². The molecule has 3 aromatic carbocycles. The lowest BCUT2D eigenvalue weighted by atomic mass is 9.99. The fourth-order valence-corrected chi connectivity index (χ4v) is 4.05. The van der Waals surface area contributed by atoms with Gasteiger partial charge in [0.1, 0.15) is 40.2 Å².